The predicted molar refractivity (Wildman–Crippen MR) is 55.4 cm³/mol. The lowest BCUT2D eigenvalue weighted by Gasteiger charge is -2.34. The first-order valence-electron chi connectivity index (χ1n) is 6.33. The van der Waals surface area contributed by atoms with Crippen LogP contribution in [0.1, 0.15) is 51.9 Å². The van der Waals surface area contributed by atoms with Crippen molar-refractivity contribution >= 4 is 0 Å². The Hall–Kier alpha value is 0. The zero-order valence-corrected chi connectivity index (χ0v) is 8.84. The van der Waals surface area contributed by atoms with Gasteiger partial charge in [-0.05, 0) is 55.3 Å². The summed E-state index contributed by atoms with van der Waals surface area (Å²) < 4.78 is 0. The van der Waals surface area contributed by atoms with Crippen LogP contribution in [0.3, 0.4) is 0 Å². The number of rotatable bonds is 0. The molecule has 4 unspecified atom stereocenters. The minimum Gasteiger partial charge on any atom is -0.0625 e. The fourth-order valence-corrected chi connectivity index (χ4v) is 4.60. The number of fused-ring (bicyclic) bond motifs is 2. The average molecular weight is 178 g/mol. The van der Waals surface area contributed by atoms with Gasteiger partial charge in [-0.25, -0.2) is 0 Å². The molecule has 0 nitrogen and oxygen atoms in total. The first-order chi connectivity index (χ1) is 6.33. The molecule has 0 spiro atoms. The van der Waals surface area contributed by atoms with Crippen molar-refractivity contribution in [2.75, 3.05) is 0 Å². The standard InChI is InChI=1S/C13H22/c1-9-5-12-7-10-3-2-4-11(10)8-13(12)6-9/h9-13H,2-8H2,1H3. The fourth-order valence-electron chi connectivity index (χ4n) is 4.60. The Kier molecular flexibility index (Phi) is 1.92. The van der Waals surface area contributed by atoms with Crippen LogP contribution >= 0.6 is 0 Å². The summed E-state index contributed by atoms with van der Waals surface area (Å²) >= 11 is 0. The molecular formula is C13H22. The third-order valence-electron chi connectivity index (χ3n) is 5.10. The van der Waals surface area contributed by atoms with E-state index < -0.39 is 0 Å². The largest absolute Gasteiger partial charge is 0.0625 e. The van der Waals surface area contributed by atoms with Gasteiger partial charge in [-0.1, -0.05) is 26.2 Å². The molecule has 4 atom stereocenters. The monoisotopic (exact) mass is 178 g/mol. The maximum Gasteiger partial charge on any atom is -0.0380 e. The molecule has 0 aromatic carbocycles. The van der Waals surface area contributed by atoms with E-state index in [0.717, 1.165) is 29.6 Å². The Labute approximate surface area is 82.1 Å². The van der Waals surface area contributed by atoms with Crippen molar-refractivity contribution in [2.24, 2.45) is 29.6 Å². The topological polar surface area (TPSA) is 0 Å². The Morgan fingerprint density at radius 2 is 1.23 bits per heavy atom. The molecule has 0 aliphatic heterocycles. The molecule has 0 saturated heterocycles. The normalized spacial score (nSPS) is 54.7. The SMILES string of the molecule is CC1CC2CC3CCCC3CC2C1. The molecule has 0 aromatic rings. The molecule has 0 heterocycles. The summed E-state index contributed by atoms with van der Waals surface area (Å²) in [6.45, 7) is 2.47. The van der Waals surface area contributed by atoms with Gasteiger partial charge >= 0.3 is 0 Å². The van der Waals surface area contributed by atoms with Gasteiger partial charge in [-0.3, -0.25) is 0 Å². The van der Waals surface area contributed by atoms with E-state index in [1.54, 1.807) is 44.9 Å². The lowest BCUT2D eigenvalue weighted by atomic mass is 9.71. The summed E-state index contributed by atoms with van der Waals surface area (Å²) in [6, 6.07) is 0. The Morgan fingerprint density at radius 3 is 1.77 bits per heavy atom. The lowest BCUT2D eigenvalue weighted by Crippen LogP contribution is -2.25. The first-order valence-corrected chi connectivity index (χ1v) is 6.33. The van der Waals surface area contributed by atoms with E-state index >= 15 is 0 Å². The van der Waals surface area contributed by atoms with E-state index in [9.17, 15) is 0 Å². The Bertz CT molecular complexity index is 176. The van der Waals surface area contributed by atoms with Gasteiger partial charge in [0.25, 0.3) is 0 Å². The molecule has 3 aliphatic rings. The second-order valence-corrected chi connectivity index (χ2v) is 6.02. The number of hydrogen-bond acceptors (Lipinski definition) is 0. The van der Waals surface area contributed by atoms with Crippen LogP contribution in [0.25, 0.3) is 0 Å². The van der Waals surface area contributed by atoms with Gasteiger partial charge in [0.1, 0.15) is 0 Å². The van der Waals surface area contributed by atoms with E-state index in [-0.39, 0.29) is 0 Å². The molecule has 3 aliphatic carbocycles. The third kappa shape index (κ3) is 1.33. The van der Waals surface area contributed by atoms with Crippen LogP contribution in [0.15, 0.2) is 0 Å². The molecule has 3 fully saturated rings. The van der Waals surface area contributed by atoms with Crippen molar-refractivity contribution in [3.8, 4) is 0 Å². The highest BCUT2D eigenvalue weighted by Gasteiger charge is 2.42. The van der Waals surface area contributed by atoms with Gasteiger partial charge in [0, 0.05) is 0 Å². The predicted octanol–water partition coefficient (Wildman–Crippen LogP) is 3.86. The van der Waals surface area contributed by atoms with Crippen molar-refractivity contribution in [1.82, 2.24) is 0 Å². The summed E-state index contributed by atoms with van der Waals surface area (Å²) in [7, 11) is 0. The van der Waals surface area contributed by atoms with Crippen LogP contribution in [-0.4, -0.2) is 0 Å². The molecular weight excluding hydrogens is 156 g/mol. The Morgan fingerprint density at radius 1 is 0.692 bits per heavy atom. The van der Waals surface area contributed by atoms with Gasteiger partial charge < -0.3 is 0 Å². The zero-order chi connectivity index (χ0) is 8.84. The average Bonchev–Trinajstić information content (AvgIpc) is 2.63. The zero-order valence-electron chi connectivity index (χ0n) is 8.84. The molecule has 0 N–H and O–H groups in total. The number of hydrogen-bond donors (Lipinski definition) is 0. The van der Waals surface area contributed by atoms with Crippen LogP contribution in [-0.2, 0) is 0 Å². The minimum absolute atomic E-state index is 1.05. The third-order valence-corrected chi connectivity index (χ3v) is 5.10. The van der Waals surface area contributed by atoms with Crippen LogP contribution in [0.4, 0.5) is 0 Å². The molecule has 3 rings (SSSR count). The molecule has 0 bridgehead atoms. The van der Waals surface area contributed by atoms with E-state index in [2.05, 4.69) is 6.92 Å². The van der Waals surface area contributed by atoms with E-state index in [0.29, 0.717) is 0 Å². The second-order valence-electron chi connectivity index (χ2n) is 6.02. The highest BCUT2D eigenvalue weighted by Crippen LogP contribution is 2.53. The van der Waals surface area contributed by atoms with Gasteiger partial charge in [-0.15, -0.1) is 0 Å². The summed E-state index contributed by atoms with van der Waals surface area (Å²) in [5, 5.41) is 0. The van der Waals surface area contributed by atoms with Crippen LogP contribution in [0, 0.1) is 29.6 Å². The summed E-state index contributed by atoms with van der Waals surface area (Å²) in [6.07, 6.45) is 11.0. The van der Waals surface area contributed by atoms with Crippen molar-refractivity contribution in [1.29, 1.82) is 0 Å². The minimum atomic E-state index is 1.05. The maximum atomic E-state index is 2.47. The summed E-state index contributed by atoms with van der Waals surface area (Å²) in [4.78, 5) is 0. The molecule has 3 saturated carbocycles. The summed E-state index contributed by atoms with van der Waals surface area (Å²) in [5.41, 5.74) is 0. The van der Waals surface area contributed by atoms with Gasteiger partial charge in [-0.2, -0.15) is 0 Å². The quantitative estimate of drug-likeness (QED) is 0.528. The van der Waals surface area contributed by atoms with Crippen molar-refractivity contribution in [2.45, 2.75) is 51.9 Å². The molecule has 0 radical (unpaired) electrons. The van der Waals surface area contributed by atoms with Crippen molar-refractivity contribution in [3.05, 3.63) is 0 Å². The first kappa shape index (κ1) is 8.32. The fraction of sp³-hybridized carbons (Fsp3) is 1.00. The highest BCUT2D eigenvalue weighted by atomic mass is 14.5. The van der Waals surface area contributed by atoms with Gasteiger partial charge in [0.15, 0.2) is 0 Å². The van der Waals surface area contributed by atoms with Crippen LogP contribution in [0.2, 0.25) is 0 Å². The maximum absolute atomic E-state index is 2.47. The van der Waals surface area contributed by atoms with Crippen molar-refractivity contribution in [3.63, 3.8) is 0 Å². The van der Waals surface area contributed by atoms with Crippen molar-refractivity contribution < 1.29 is 0 Å². The van der Waals surface area contributed by atoms with E-state index in [1.165, 1.54) is 0 Å². The highest BCUT2D eigenvalue weighted by molar-refractivity contribution is 4.93. The second kappa shape index (κ2) is 3.00. The smallest absolute Gasteiger partial charge is 0.0380 e. The van der Waals surface area contributed by atoms with Crippen LogP contribution < -0.4 is 0 Å². The van der Waals surface area contributed by atoms with E-state index in [4.69, 9.17) is 0 Å². The molecule has 0 heteroatoms. The van der Waals surface area contributed by atoms with Crippen LogP contribution in [0.5, 0.6) is 0 Å². The lowest BCUT2D eigenvalue weighted by molar-refractivity contribution is 0.157. The van der Waals surface area contributed by atoms with E-state index in [1.807, 2.05) is 0 Å². The summed E-state index contributed by atoms with van der Waals surface area (Å²) in [5.74, 6) is 5.66. The molecule has 0 aromatic heterocycles. The molecule has 13 heavy (non-hydrogen) atoms. The molecule has 74 valence electrons. The molecule has 0 amide bonds. The van der Waals surface area contributed by atoms with Gasteiger partial charge in [0.2, 0.25) is 0 Å². The van der Waals surface area contributed by atoms with Gasteiger partial charge in [0.05, 0.1) is 0 Å². The Balaban J connectivity index is 1.73.